The topological polar surface area (TPSA) is 81.8 Å². The first-order valence-corrected chi connectivity index (χ1v) is 8.62. The maximum absolute atomic E-state index is 12.3. The second-order valence-corrected chi connectivity index (χ2v) is 6.54. The van der Waals surface area contributed by atoms with Gasteiger partial charge in [-0.05, 0) is 26.0 Å². The average molecular weight is 367 g/mol. The molecule has 0 spiro atoms. The van der Waals surface area contributed by atoms with E-state index >= 15 is 0 Å². The van der Waals surface area contributed by atoms with Gasteiger partial charge in [-0.3, -0.25) is 14.4 Å². The molecule has 0 aliphatic carbocycles. The fraction of sp³-hybridized carbons (Fsp3) is 0.471. The standard InChI is InChI=1S/C17H23ClN4O3/c1-12(2)20-16(24)17(25)22-9-7-21(8-10-22)15(23)11-19-14-6-4-3-5-13(14)18/h3-6,12,19H,7-11H2,1-2H3,(H,20,24). The van der Waals surface area contributed by atoms with Crippen molar-refractivity contribution >= 4 is 35.0 Å². The van der Waals surface area contributed by atoms with Gasteiger partial charge in [0.15, 0.2) is 0 Å². The molecule has 1 heterocycles. The minimum absolute atomic E-state index is 0.0707. The van der Waals surface area contributed by atoms with Gasteiger partial charge in [0.25, 0.3) is 0 Å². The summed E-state index contributed by atoms with van der Waals surface area (Å²) in [5.41, 5.74) is 0.705. The summed E-state index contributed by atoms with van der Waals surface area (Å²) in [4.78, 5) is 39.2. The van der Waals surface area contributed by atoms with Crippen LogP contribution in [0.15, 0.2) is 24.3 Å². The van der Waals surface area contributed by atoms with Crippen molar-refractivity contribution in [3.63, 3.8) is 0 Å². The number of benzene rings is 1. The Hall–Kier alpha value is -2.28. The number of para-hydroxylation sites is 1. The fourth-order valence-corrected chi connectivity index (χ4v) is 2.72. The number of piperazine rings is 1. The number of amides is 3. The van der Waals surface area contributed by atoms with E-state index in [2.05, 4.69) is 10.6 Å². The predicted octanol–water partition coefficient (Wildman–Crippen LogP) is 0.947. The molecule has 0 saturated carbocycles. The van der Waals surface area contributed by atoms with Crippen molar-refractivity contribution < 1.29 is 14.4 Å². The molecule has 25 heavy (non-hydrogen) atoms. The highest BCUT2D eigenvalue weighted by atomic mass is 35.5. The Morgan fingerprint density at radius 3 is 2.28 bits per heavy atom. The third-order valence-corrected chi connectivity index (χ3v) is 4.17. The van der Waals surface area contributed by atoms with Gasteiger partial charge >= 0.3 is 11.8 Å². The van der Waals surface area contributed by atoms with E-state index in [-0.39, 0.29) is 18.5 Å². The van der Waals surface area contributed by atoms with Gasteiger partial charge in [-0.1, -0.05) is 23.7 Å². The summed E-state index contributed by atoms with van der Waals surface area (Å²) in [6.07, 6.45) is 0. The highest BCUT2D eigenvalue weighted by molar-refractivity contribution is 6.35. The molecule has 136 valence electrons. The lowest BCUT2D eigenvalue weighted by Crippen LogP contribution is -2.55. The molecule has 0 unspecified atom stereocenters. The third-order valence-electron chi connectivity index (χ3n) is 3.84. The zero-order valence-corrected chi connectivity index (χ0v) is 15.2. The van der Waals surface area contributed by atoms with E-state index in [1.165, 1.54) is 4.90 Å². The number of nitrogens with zero attached hydrogens (tertiary/aromatic N) is 2. The molecule has 8 heteroatoms. The zero-order chi connectivity index (χ0) is 18.4. The van der Waals surface area contributed by atoms with Crippen molar-refractivity contribution in [2.75, 3.05) is 38.0 Å². The Labute approximate surface area is 152 Å². The summed E-state index contributed by atoms with van der Waals surface area (Å²) in [7, 11) is 0. The van der Waals surface area contributed by atoms with Crippen LogP contribution >= 0.6 is 11.6 Å². The molecule has 1 aromatic carbocycles. The number of anilines is 1. The monoisotopic (exact) mass is 366 g/mol. The first-order valence-electron chi connectivity index (χ1n) is 8.24. The van der Waals surface area contributed by atoms with Gasteiger partial charge < -0.3 is 20.4 Å². The highest BCUT2D eigenvalue weighted by Gasteiger charge is 2.27. The minimum atomic E-state index is -0.602. The van der Waals surface area contributed by atoms with Crippen molar-refractivity contribution in [2.24, 2.45) is 0 Å². The fourth-order valence-electron chi connectivity index (χ4n) is 2.51. The second kappa shape index (κ2) is 8.71. The molecule has 0 atom stereocenters. The van der Waals surface area contributed by atoms with Crippen LogP contribution in [0.25, 0.3) is 0 Å². The minimum Gasteiger partial charge on any atom is -0.375 e. The van der Waals surface area contributed by atoms with Gasteiger partial charge in [-0.25, -0.2) is 0 Å². The first-order chi connectivity index (χ1) is 11.9. The van der Waals surface area contributed by atoms with E-state index in [9.17, 15) is 14.4 Å². The lowest BCUT2D eigenvalue weighted by Gasteiger charge is -2.34. The van der Waals surface area contributed by atoms with Crippen LogP contribution in [0, 0.1) is 0 Å². The highest BCUT2D eigenvalue weighted by Crippen LogP contribution is 2.20. The van der Waals surface area contributed by atoms with Gasteiger partial charge in [0.1, 0.15) is 0 Å². The zero-order valence-electron chi connectivity index (χ0n) is 14.4. The number of carbonyl (C=O) groups excluding carboxylic acids is 3. The number of nitrogens with one attached hydrogen (secondary N) is 2. The molecule has 1 saturated heterocycles. The van der Waals surface area contributed by atoms with Crippen molar-refractivity contribution in [3.8, 4) is 0 Å². The normalized spacial score (nSPS) is 14.4. The molecule has 7 nitrogen and oxygen atoms in total. The van der Waals surface area contributed by atoms with Crippen LogP contribution < -0.4 is 10.6 Å². The summed E-state index contributed by atoms with van der Waals surface area (Å²) >= 11 is 6.04. The van der Waals surface area contributed by atoms with E-state index in [4.69, 9.17) is 11.6 Å². The number of hydrogen-bond donors (Lipinski definition) is 2. The molecule has 1 aliphatic heterocycles. The second-order valence-electron chi connectivity index (χ2n) is 6.13. The maximum atomic E-state index is 12.3. The summed E-state index contributed by atoms with van der Waals surface area (Å²) < 4.78 is 0. The van der Waals surface area contributed by atoms with E-state index < -0.39 is 11.8 Å². The SMILES string of the molecule is CC(C)NC(=O)C(=O)N1CCN(C(=O)CNc2ccccc2Cl)CC1. The number of rotatable bonds is 4. The Kier molecular flexibility index (Phi) is 6.64. The van der Waals surface area contributed by atoms with E-state index in [1.54, 1.807) is 30.9 Å². The van der Waals surface area contributed by atoms with E-state index in [1.807, 2.05) is 12.1 Å². The molecular formula is C17H23ClN4O3. The number of hydrogen-bond acceptors (Lipinski definition) is 4. The predicted molar refractivity (Wildman–Crippen MR) is 96.4 cm³/mol. The molecule has 2 N–H and O–H groups in total. The molecule has 0 bridgehead atoms. The molecule has 0 aromatic heterocycles. The largest absolute Gasteiger partial charge is 0.375 e. The van der Waals surface area contributed by atoms with Gasteiger partial charge in [-0.2, -0.15) is 0 Å². The Balaban J connectivity index is 1.79. The van der Waals surface area contributed by atoms with Crippen molar-refractivity contribution in [2.45, 2.75) is 19.9 Å². The van der Waals surface area contributed by atoms with Crippen LogP contribution in [-0.4, -0.2) is 66.3 Å². The number of carbonyl (C=O) groups is 3. The maximum Gasteiger partial charge on any atom is 0.312 e. The van der Waals surface area contributed by atoms with Crippen LogP contribution in [0.1, 0.15) is 13.8 Å². The summed E-state index contributed by atoms with van der Waals surface area (Å²) in [5, 5.41) is 6.16. The molecule has 1 aromatic rings. The first kappa shape index (κ1) is 19.1. The Bertz CT molecular complexity index is 643. The number of halogens is 1. The lowest BCUT2D eigenvalue weighted by molar-refractivity contribution is -0.148. The summed E-state index contributed by atoms with van der Waals surface area (Å²) in [6.45, 7) is 5.24. The van der Waals surface area contributed by atoms with Crippen molar-refractivity contribution in [1.29, 1.82) is 0 Å². The molecule has 2 rings (SSSR count). The van der Waals surface area contributed by atoms with Crippen LogP contribution in [0.5, 0.6) is 0 Å². The summed E-state index contributed by atoms with van der Waals surface area (Å²) in [5.74, 6) is -1.22. The van der Waals surface area contributed by atoms with Crippen LogP contribution in [0.4, 0.5) is 5.69 Å². The molecule has 0 radical (unpaired) electrons. The van der Waals surface area contributed by atoms with Gasteiger partial charge in [0, 0.05) is 32.2 Å². The third kappa shape index (κ3) is 5.35. The molecule has 1 aliphatic rings. The molecular weight excluding hydrogens is 344 g/mol. The average Bonchev–Trinajstić information content (AvgIpc) is 2.59. The summed E-state index contributed by atoms with van der Waals surface area (Å²) in [6, 6.07) is 7.13. The smallest absolute Gasteiger partial charge is 0.312 e. The Morgan fingerprint density at radius 1 is 1.08 bits per heavy atom. The van der Waals surface area contributed by atoms with Gasteiger partial charge in [-0.15, -0.1) is 0 Å². The quantitative estimate of drug-likeness (QED) is 0.777. The van der Waals surface area contributed by atoms with E-state index in [0.29, 0.717) is 36.9 Å². The van der Waals surface area contributed by atoms with E-state index in [0.717, 1.165) is 0 Å². The van der Waals surface area contributed by atoms with Crippen LogP contribution in [-0.2, 0) is 14.4 Å². The lowest BCUT2D eigenvalue weighted by atomic mass is 10.2. The Morgan fingerprint density at radius 2 is 1.68 bits per heavy atom. The molecule has 1 fully saturated rings. The van der Waals surface area contributed by atoms with Crippen LogP contribution in [0.2, 0.25) is 5.02 Å². The van der Waals surface area contributed by atoms with Crippen molar-refractivity contribution in [3.05, 3.63) is 29.3 Å². The van der Waals surface area contributed by atoms with Crippen molar-refractivity contribution in [1.82, 2.24) is 15.1 Å². The van der Waals surface area contributed by atoms with Gasteiger partial charge in [0.05, 0.1) is 17.3 Å². The van der Waals surface area contributed by atoms with Gasteiger partial charge in [0.2, 0.25) is 5.91 Å². The van der Waals surface area contributed by atoms with Crippen LogP contribution in [0.3, 0.4) is 0 Å². The molecule has 3 amide bonds.